The van der Waals surface area contributed by atoms with Gasteiger partial charge >= 0.3 is 0 Å². The number of allylic oxidation sites excluding steroid dienone is 1. The first kappa shape index (κ1) is 9.97. The van der Waals surface area contributed by atoms with E-state index in [1.807, 2.05) is 30.3 Å². The zero-order chi connectivity index (χ0) is 10.5. The second-order valence-electron chi connectivity index (χ2n) is 3.52. The number of hydrogen-bond acceptors (Lipinski definition) is 2. The summed E-state index contributed by atoms with van der Waals surface area (Å²) in [6.45, 7) is 2.79. The lowest BCUT2D eigenvalue weighted by molar-refractivity contribution is 0.332. The first-order valence-corrected chi connectivity index (χ1v) is 5.33. The van der Waals surface area contributed by atoms with Crippen molar-refractivity contribution in [3.63, 3.8) is 0 Å². The summed E-state index contributed by atoms with van der Waals surface area (Å²) in [6.07, 6.45) is 5.29. The Hall–Kier alpha value is -1.57. The normalized spacial score (nSPS) is 20.3. The smallest absolute Gasteiger partial charge is 0.216 e. The van der Waals surface area contributed by atoms with E-state index in [0.29, 0.717) is 6.61 Å². The molecule has 0 saturated carbocycles. The van der Waals surface area contributed by atoms with Gasteiger partial charge in [-0.1, -0.05) is 37.3 Å². The van der Waals surface area contributed by atoms with E-state index in [2.05, 4.69) is 24.1 Å². The van der Waals surface area contributed by atoms with Crippen LogP contribution in [0.4, 0.5) is 0 Å². The van der Waals surface area contributed by atoms with Crippen LogP contribution in [-0.4, -0.2) is 18.5 Å². The molecule has 78 valence electrons. The third-order valence-corrected chi connectivity index (χ3v) is 2.29. The Bertz CT molecular complexity index is 367. The van der Waals surface area contributed by atoms with E-state index in [-0.39, 0.29) is 6.04 Å². The molecule has 1 heterocycles. The maximum absolute atomic E-state index is 5.55. The fourth-order valence-corrected chi connectivity index (χ4v) is 1.52. The van der Waals surface area contributed by atoms with E-state index < -0.39 is 0 Å². The van der Waals surface area contributed by atoms with Crippen molar-refractivity contribution >= 4 is 5.90 Å². The second kappa shape index (κ2) is 4.78. The first-order valence-electron chi connectivity index (χ1n) is 5.33. The summed E-state index contributed by atoms with van der Waals surface area (Å²) in [5.41, 5.74) is 1.06. The lowest BCUT2D eigenvalue weighted by Crippen LogP contribution is -2.02. The Morgan fingerprint density at radius 1 is 1.40 bits per heavy atom. The van der Waals surface area contributed by atoms with Crippen LogP contribution in [0, 0.1) is 0 Å². The van der Waals surface area contributed by atoms with Crippen LogP contribution in [0.25, 0.3) is 0 Å². The lowest BCUT2D eigenvalue weighted by Gasteiger charge is -1.99. The molecule has 2 rings (SSSR count). The molecule has 0 N–H and O–H groups in total. The Labute approximate surface area is 90.3 Å². The molecule has 0 aliphatic carbocycles. The second-order valence-corrected chi connectivity index (χ2v) is 3.52. The fraction of sp³-hybridized carbons (Fsp3) is 0.308. The maximum atomic E-state index is 5.55. The van der Waals surface area contributed by atoms with Crippen molar-refractivity contribution in [2.75, 3.05) is 6.61 Å². The van der Waals surface area contributed by atoms with E-state index in [1.54, 1.807) is 0 Å². The molecule has 2 heteroatoms. The molecule has 0 spiro atoms. The number of benzene rings is 1. The number of hydrogen-bond donors (Lipinski definition) is 0. The predicted molar refractivity (Wildman–Crippen MR) is 62.2 cm³/mol. The number of aliphatic imine (C=N–C) groups is 1. The van der Waals surface area contributed by atoms with E-state index in [9.17, 15) is 0 Å². The third-order valence-electron chi connectivity index (χ3n) is 2.29. The van der Waals surface area contributed by atoms with E-state index >= 15 is 0 Å². The summed E-state index contributed by atoms with van der Waals surface area (Å²) in [5, 5.41) is 0. The fourth-order valence-electron chi connectivity index (χ4n) is 1.52. The summed E-state index contributed by atoms with van der Waals surface area (Å²) in [7, 11) is 0. The SMILES string of the molecule is CC/C=C/[C@@H]1COC(c2ccccc2)=N1. The van der Waals surface area contributed by atoms with Gasteiger partial charge in [0, 0.05) is 5.56 Å². The van der Waals surface area contributed by atoms with Crippen LogP contribution in [0.5, 0.6) is 0 Å². The number of nitrogens with zero attached hydrogens (tertiary/aromatic N) is 1. The number of ether oxygens (including phenoxy) is 1. The van der Waals surface area contributed by atoms with Gasteiger partial charge in [0.1, 0.15) is 12.6 Å². The molecular formula is C13H15NO. The van der Waals surface area contributed by atoms with Crippen molar-refractivity contribution in [3.05, 3.63) is 48.0 Å². The molecule has 15 heavy (non-hydrogen) atoms. The summed E-state index contributed by atoms with van der Waals surface area (Å²) >= 11 is 0. The molecule has 1 aliphatic rings. The zero-order valence-corrected chi connectivity index (χ0v) is 8.89. The Morgan fingerprint density at radius 2 is 2.20 bits per heavy atom. The molecule has 0 saturated heterocycles. The standard InChI is InChI=1S/C13H15NO/c1-2-3-9-12-10-15-13(14-12)11-7-5-4-6-8-11/h3-9,12H,2,10H2,1H3/b9-3+/t12-/m1/s1. The third kappa shape index (κ3) is 2.46. The van der Waals surface area contributed by atoms with Crippen LogP contribution in [0.15, 0.2) is 47.5 Å². The predicted octanol–water partition coefficient (Wildman–Crippen LogP) is 2.80. The summed E-state index contributed by atoms with van der Waals surface area (Å²) in [6, 6.07) is 10.2. The molecule has 0 unspecified atom stereocenters. The van der Waals surface area contributed by atoms with Crippen LogP contribution in [0.3, 0.4) is 0 Å². The van der Waals surface area contributed by atoms with Gasteiger partial charge in [-0.25, -0.2) is 4.99 Å². The van der Waals surface area contributed by atoms with Gasteiger partial charge in [0.15, 0.2) is 0 Å². The molecule has 1 aromatic rings. The highest BCUT2D eigenvalue weighted by atomic mass is 16.5. The molecule has 0 fully saturated rings. The van der Waals surface area contributed by atoms with Crippen molar-refractivity contribution < 1.29 is 4.74 Å². The quantitative estimate of drug-likeness (QED) is 0.689. The summed E-state index contributed by atoms with van der Waals surface area (Å²) < 4.78 is 5.55. The van der Waals surface area contributed by atoms with Gasteiger partial charge in [0.05, 0.1) is 0 Å². The molecule has 0 amide bonds. The molecule has 0 radical (unpaired) electrons. The molecular weight excluding hydrogens is 186 g/mol. The molecule has 1 aliphatic heterocycles. The Balaban J connectivity index is 2.10. The van der Waals surface area contributed by atoms with Crippen LogP contribution in [0.2, 0.25) is 0 Å². The average molecular weight is 201 g/mol. The minimum absolute atomic E-state index is 0.195. The Kier molecular flexibility index (Phi) is 3.18. The van der Waals surface area contributed by atoms with Gasteiger partial charge in [-0.3, -0.25) is 0 Å². The number of rotatable bonds is 3. The minimum Gasteiger partial charge on any atom is -0.475 e. The van der Waals surface area contributed by atoms with Gasteiger partial charge in [0.2, 0.25) is 5.90 Å². The van der Waals surface area contributed by atoms with Gasteiger partial charge in [0.25, 0.3) is 0 Å². The lowest BCUT2D eigenvalue weighted by atomic mass is 10.2. The summed E-state index contributed by atoms with van der Waals surface area (Å²) in [5.74, 6) is 0.765. The highest BCUT2D eigenvalue weighted by Crippen LogP contribution is 2.12. The van der Waals surface area contributed by atoms with Crippen LogP contribution in [-0.2, 0) is 4.74 Å². The largest absolute Gasteiger partial charge is 0.475 e. The highest BCUT2D eigenvalue weighted by molar-refractivity contribution is 5.95. The monoisotopic (exact) mass is 201 g/mol. The van der Waals surface area contributed by atoms with Crippen LogP contribution < -0.4 is 0 Å². The first-order chi connectivity index (χ1) is 7.40. The molecule has 0 bridgehead atoms. The minimum atomic E-state index is 0.195. The van der Waals surface area contributed by atoms with Crippen molar-refractivity contribution in [3.8, 4) is 0 Å². The van der Waals surface area contributed by atoms with Crippen molar-refractivity contribution in [1.82, 2.24) is 0 Å². The van der Waals surface area contributed by atoms with Crippen molar-refractivity contribution in [1.29, 1.82) is 0 Å². The summed E-state index contributed by atoms with van der Waals surface area (Å²) in [4.78, 5) is 4.50. The average Bonchev–Trinajstić information content (AvgIpc) is 2.76. The van der Waals surface area contributed by atoms with E-state index in [1.165, 1.54) is 0 Å². The maximum Gasteiger partial charge on any atom is 0.216 e. The topological polar surface area (TPSA) is 21.6 Å². The molecule has 1 atom stereocenters. The van der Waals surface area contributed by atoms with Crippen molar-refractivity contribution in [2.45, 2.75) is 19.4 Å². The van der Waals surface area contributed by atoms with Crippen LogP contribution in [0.1, 0.15) is 18.9 Å². The van der Waals surface area contributed by atoms with E-state index in [0.717, 1.165) is 17.9 Å². The van der Waals surface area contributed by atoms with Crippen molar-refractivity contribution in [2.24, 2.45) is 4.99 Å². The zero-order valence-electron chi connectivity index (χ0n) is 8.89. The molecule has 1 aromatic carbocycles. The van der Waals surface area contributed by atoms with Gasteiger partial charge < -0.3 is 4.74 Å². The molecule has 2 nitrogen and oxygen atoms in total. The van der Waals surface area contributed by atoms with Crippen LogP contribution >= 0.6 is 0 Å². The van der Waals surface area contributed by atoms with Gasteiger partial charge in [-0.05, 0) is 18.6 Å². The molecule has 0 aromatic heterocycles. The Morgan fingerprint density at radius 3 is 2.93 bits per heavy atom. The van der Waals surface area contributed by atoms with Gasteiger partial charge in [-0.15, -0.1) is 0 Å². The highest BCUT2D eigenvalue weighted by Gasteiger charge is 2.16. The van der Waals surface area contributed by atoms with E-state index in [4.69, 9.17) is 4.74 Å². The van der Waals surface area contributed by atoms with Gasteiger partial charge in [-0.2, -0.15) is 0 Å².